The zero-order chi connectivity index (χ0) is 19.8. The fraction of sp³-hybridized carbons (Fsp3) is 0.348. The molecule has 0 spiro atoms. The summed E-state index contributed by atoms with van der Waals surface area (Å²) in [6, 6.07) is 12.7. The normalized spacial score (nSPS) is 22.7. The molecule has 2 aliphatic rings. The lowest BCUT2D eigenvalue weighted by atomic mass is 9.86. The highest BCUT2D eigenvalue weighted by molar-refractivity contribution is 6.07. The standard InChI is InChI=1S/C23H23N3O3/c27-22(12-16-11-14-7-8-15(16)10-14)25-26-23(28)18-13-20(21-6-3-9-29-21)24-19-5-2-1-4-17(18)19/h1-6,9,13-16H,7-8,10-12H2,(H,25,27)(H,26,28)/t14-,15+,16+/m0/s1. The average Bonchev–Trinajstić information content (AvgIpc) is 3.49. The van der Waals surface area contributed by atoms with E-state index in [1.54, 1.807) is 24.5 Å². The molecule has 2 aliphatic carbocycles. The third-order valence-electron chi connectivity index (χ3n) is 6.38. The molecule has 0 unspecified atom stereocenters. The maximum absolute atomic E-state index is 12.9. The van der Waals surface area contributed by atoms with Crippen LogP contribution in [0.3, 0.4) is 0 Å². The number of hydrogen-bond acceptors (Lipinski definition) is 4. The smallest absolute Gasteiger partial charge is 0.270 e. The van der Waals surface area contributed by atoms with Gasteiger partial charge in [0.15, 0.2) is 5.76 Å². The Morgan fingerprint density at radius 2 is 1.97 bits per heavy atom. The first-order valence-corrected chi connectivity index (χ1v) is 10.2. The maximum atomic E-state index is 12.9. The highest BCUT2D eigenvalue weighted by Gasteiger charge is 2.40. The number of fused-ring (bicyclic) bond motifs is 3. The fourth-order valence-corrected chi connectivity index (χ4v) is 5.02. The van der Waals surface area contributed by atoms with Gasteiger partial charge >= 0.3 is 0 Å². The molecule has 2 N–H and O–H groups in total. The number of carbonyl (C=O) groups is 2. The van der Waals surface area contributed by atoms with E-state index in [-0.39, 0.29) is 11.8 Å². The topological polar surface area (TPSA) is 84.2 Å². The van der Waals surface area contributed by atoms with Crippen molar-refractivity contribution < 1.29 is 14.0 Å². The molecule has 2 saturated carbocycles. The molecule has 3 atom stereocenters. The van der Waals surface area contributed by atoms with Gasteiger partial charge in [-0.25, -0.2) is 4.98 Å². The first kappa shape index (κ1) is 17.9. The number of amides is 2. The zero-order valence-corrected chi connectivity index (χ0v) is 16.1. The van der Waals surface area contributed by atoms with Crippen LogP contribution in [0.25, 0.3) is 22.4 Å². The molecule has 6 nitrogen and oxygen atoms in total. The van der Waals surface area contributed by atoms with Crippen LogP contribution in [0.15, 0.2) is 53.1 Å². The molecular weight excluding hydrogens is 366 g/mol. The van der Waals surface area contributed by atoms with Crippen LogP contribution < -0.4 is 10.9 Å². The van der Waals surface area contributed by atoms with Crippen molar-refractivity contribution in [3.8, 4) is 11.5 Å². The lowest BCUT2D eigenvalue weighted by Crippen LogP contribution is -2.42. The maximum Gasteiger partial charge on any atom is 0.270 e. The number of hydrazine groups is 1. The van der Waals surface area contributed by atoms with E-state index in [1.807, 2.05) is 24.3 Å². The molecule has 0 radical (unpaired) electrons. The molecule has 2 heterocycles. The molecule has 2 bridgehead atoms. The van der Waals surface area contributed by atoms with E-state index >= 15 is 0 Å². The minimum atomic E-state index is -0.363. The van der Waals surface area contributed by atoms with Crippen LogP contribution in [0.5, 0.6) is 0 Å². The third kappa shape index (κ3) is 3.50. The molecule has 148 valence electrons. The second-order valence-electron chi connectivity index (χ2n) is 8.19. The van der Waals surface area contributed by atoms with E-state index in [1.165, 1.54) is 19.3 Å². The van der Waals surface area contributed by atoms with Crippen molar-refractivity contribution in [1.82, 2.24) is 15.8 Å². The van der Waals surface area contributed by atoms with Crippen LogP contribution >= 0.6 is 0 Å². The summed E-state index contributed by atoms with van der Waals surface area (Å²) in [5, 5.41) is 0.725. The Morgan fingerprint density at radius 3 is 2.72 bits per heavy atom. The largest absolute Gasteiger partial charge is 0.463 e. The Bertz CT molecular complexity index is 1060. The quantitative estimate of drug-likeness (QED) is 0.659. The fourth-order valence-electron chi connectivity index (χ4n) is 5.02. The van der Waals surface area contributed by atoms with Crippen LogP contribution in [0.2, 0.25) is 0 Å². The van der Waals surface area contributed by atoms with Crippen LogP contribution in [0, 0.1) is 17.8 Å². The molecule has 5 rings (SSSR count). The Balaban J connectivity index is 1.32. The van der Waals surface area contributed by atoms with Crippen molar-refractivity contribution in [3.05, 3.63) is 54.3 Å². The van der Waals surface area contributed by atoms with E-state index in [9.17, 15) is 9.59 Å². The van der Waals surface area contributed by atoms with E-state index in [2.05, 4.69) is 15.8 Å². The van der Waals surface area contributed by atoms with Gasteiger partial charge in [0.25, 0.3) is 5.91 Å². The van der Waals surface area contributed by atoms with Gasteiger partial charge in [0.05, 0.1) is 17.3 Å². The summed E-state index contributed by atoms with van der Waals surface area (Å²) in [6.07, 6.45) is 7.02. The van der Waals surface area contributed by atoms with E-state index < -0.39 is 0 Å². The summed E-state index contributed by atoms with van der Waals surface area (Å²) in [5.41, 5.74) is 6.91. The summed E-state index contributed by atoms with van der Waals surface area (Å²) in [6.45, 7) is 0. The van der Waals surface area contributed by atoms with Crippen molar-refractivity contribution in [3.63, 3.8) is 0 Å². The number of para-hydroxylation sites is 1. The number of rotatable bonds is 4. The van der Waals surface area contributed by atoms with Crippen LogP contribution in [-0.2, 0) is 4.79 Å². The lowest BCUT2D eigenvalue weighted by Gasteiger charge is -2.21. The van der Waals surface area contributed by atoms with E-state index in [0.717, 1.165) is 17.7 Å². The molecule has 29 heavy (non-hydrogen) atoms. The first-order chi connectivity index (χ1) is 14.2. The summed E-state index contributed by atoms with van der Waals surface area (Å²) in [5.74, 6) is 2.04. The van der Waals surface area contributed by atoms with E-state index in [0.29, 0.717) is 40.8 Å². The number of furan rings is 1. The minimum absolute atomic E-state index is 0.125. The first-order valence-electron chi connectivity index (χ1n) is 10.2. The lowest BCUT2D eigenvalue weighted by molar-refractivity contribution is -0.123. The molecule has 1 aromatic carbocycles. The zero-order valence-electron chi connectivity index (χ0n) is 16.1. The highest BCUT2D eigenvalue weighted by atomic mass is 16.3. The summed E-state index contributed by atoms with van der Waals surface area (Å²) < 4.78 is 5.44. The van der Waals surface area contributed by atoms with Gasteiger partial charge in [-0.05, 0) is 61.3 Å². The number of benzene rings is 1. The number of pyridine rings is 1. The van der Waals surface area contributed by atoms with Crippen LogP contribution in [-0.4, -0.2) is 16.8 Å². The van der Waals surface area contributed by atoms with E-state index in [4.69, 9.17) is 4.42 Å². The number of carbonyl (C=O) groups excluding carboxylic acids is 2. The number of nitrogens with zero attached hydrogens (tertiary/aromatic N) is 1. The Morgan fingerprint density at radius 1 is 1.07 bits per heavy atom. The minimum Gasteiger partial charge on any atom is -0.463 e. The number of hydrogen-bond donors (Lipinski definition) is 2. The van der Waals surface area contributed by atoms with Crippen LogP contribution in [0.4, 0.5) is 0 Å². The second kappa shape index (κ2) is 7.35. The molecule has 0 saturated heterocycles. The molecular formula is C23H23N3O3. The molecule has 0 aliphatic heterocycles. The molecule has 3 aromatic rings. The van der Waals surface area contributed by atoms with Crippen molar-refractivity contribution in [2.24, 2.45) is 17.8 Å². The Hall–Kier alpha value is -3.15. The predicted molar refractivity (Wildman–Crippen MR) is 109 cm³/mol. The molecule has 2 aromatic heterocycles. The van der Waals surface area contributed by atoms with Gasteiger partial charge < -0.3 is 4.42 Å². The van der Waals surface area contributed by atoms with Gasteiger partial charge in [0, 0.05) is 11.8 Å². The Kier molecular flexibility index (Phi) is 4.54. The Labute approximate surface area is 168 Å². The molecule has 2 fully saturated rings. The molecule has 2 amide bonds. The highest BCUT2D eigenvalue weighted by Crippen LogP contribution is 2.49. The van der Waals surface area contributed by atoms with Crippen molar-refractivity contribution in [1.29, 1.82) is 0 Å². The van der Waals surface area contributed by atoms with Gasteiger partial charge in [-0.3, -0.25) is 20.4 Å². The number of aromatic nitrogens is 1. The van der Waals surface area contributed by atoms with Crippen molar-refractivity contribution in [2.75, 3.05) is 0 Å². The van der Waals surface area contributed by atoms with Gasteiger partial charge in [-0.2, -0.15) is 0 Å². The summed E-state index contributed by atoms with van der Waals surface area (Å²) in [4.78, 5) is 29.8. The third-order valence-corrected chi connectivity index (χ3v) is 6.38. The molecule has 6 heteroatoms. The predicted octanol–water partition coefficient (Wildman–Crippen LogP) is 4.08. The second-order valence-corrected chi connectivity index (χ2v) is 8.19. The van der Waals surface area contributed by atoms with Crippen molar-refractivity contribution in [2.45, 2.75) is 32.1 Å². The SMILES string of the molecule is O=C(C[C@H]1C[C@H]2CC[C@@H]1C2)NNC(=O)c1cc(-c2ccco2)nc2ccccc12. The summed E-state index contributed by atoms with van der Waals surface area (Å²) >= 11 is 0. The van der Waals surface area contributed by atoms with Gasteiger partial charge in [-0.1, -0.05) is 24.6 Å². The summed E-state index contributed by atoms with van der Waals surface area (Å²) in [7, 11) is 0. The monoisotopic (exact) mass is 389 g/mol. The van der Waals surface area contributed by atoms with Crippen LogP contribution in [0.1, 0.15) is 42.5 Å². The average molecular weight is 389 g/mol. The van der Waals surface area contributed by atoms with Gasteiger partial charge in [0.1, 0.15) is 5.69 Å². The van der Waals surface area contributed by atoms with Crippen molar-refractivity contribution >= 4 is 22.7 Å². The van der Waals surface area contributed by atoms with Gasteiger partial charge in [0.2, 0.25) is 5.91 Å². The van der Waals surface area contributed by atoms with Gasteiger partial charge in [-0.15, -0.1) is 0 Å². The number of nitrogens with one attached hydrogen (secondary N) is 2.